The van der Waals surface area contributed by atoms with Crippen molar-refractivity contribution >= 4 is 52.2 Å². The maximum Gasteiger partial charge on any atom is 0.298 e. The van der Waals surface area contributed by atoms with E-state index in [0.717, 1.165) is 9.80 Å². The second-order valence-electron chi connectivity index (χ2n) is 8.01. The molecule has 2 aliphatic heterocycles. The van der Waals surface area contributed by atoms with E-state index in [1.54, 1.807) is 30.3 Å². The second-order valence-corrected chi connectivity index (χ2v) is 8.01. The number of rotatable bonds is 4. The van der Waals surface area contributed by atoms with E-state index in [1.807, 2.05) is 0 Å². The summed E-state index contributed by atoms with van der Waals surface area (Å²) in [6.07, 6.45) is 0. The Balaban J connectivity index is 1.51. The van der Waals surface area contributed by atoms with Crippen LogP contribution in [0.5, 0.6) is 5.75 Å². The Bertz CT molecular complexity index is 1540. The van der Waals surface area contributed by atoms with Crippen LogP contribution in [0.4, 0.5) is 11.4 Å². The minimum absolute atomic E-state index is 0.210. The number of nitrogens with zero attached hydrogens (tertiary/aromatic N) is 2. The van der Waals surface area contributed by atoms with Crippen molar-refractivity contribution in [3.05, 3.63) is 101 Å². The Morgan fingerprint density at radius 1 is 0.514 bits per heavy atom. The van der Waals surface area contributed by atoms with Crippen LogP contribution in [-0.4, -0.2) is 30.1 Å². The SMILES string of the molecule is O=COc1ccc(N2C(=O)c3ccc4c5c(ccc(c35)C2=O)C(=O)N(c2ccccc2)C4=O)cc1. The first-order chi connectivity index (χ1) is 17.0. The summed E-state index contributed by atoms with van der Waals surface area (Å²) >= 11 is 0. The van der Waals surface area contributed by atoms with E-state index >= 15 is 0 Å². The highest BCUT2D eigenvalue weighted by Gasteiger charge is 2.40. The van der Waals surface area contributed by atoms with E-state index in [0.29, 0.717) is 22.1 Å². The molecule has 0 saturated carbocycles. The van der Waals surface area contributed by atoms with Gasteiger partial charge in [0.05, 0.1) is 11.4 Å². The third kappa shape index (κ3) is 2.83. The van der Waals surface area contributed by atoms with Gasteiger partial charge in [-0.1, -0.05) is 18.2 Å². The molecule has 0 N–H and O–H groups in total. The standard InChI is InChI=1S/C27H14N2O6/c30-14-35-17-8-6-16(7-9-17)29-26(33)20-12-10-18-22-19(11-13-21(23(20)22)27(29)34)25(32)28(24(18)31)15-4-2-1-3-5-15/h1-14H. The quantitative estimate of drug-likeness (QED) is 0.336. The van der Waals surface area contributed by atoms with Crippen LogP contribution in [0.25, 0.3) is 10.8 Å². The lowest BCUT2D eigenvalue weighted by atomic mass is 9.85. The van der Waals surface area contributed by atoms with Gasteiger partial charge in [-0.05, 0) is 60.7 Å². The number of carbonyl (C=O) groups is 5. The molecule has 0 spiro atoms. The van der Waals surface area contributed by atoms with Crippen LogP contribution in [0.15, 0.2) is 78.9 Å². The van der Waals surface area contributed by atoms with Gasteiger partial charge >= 0.3 is 0 Å². The highest BCUT2D eigenvalue weighted by molar-refractivity contribution is 6.42. The van der Waals surface area contributed by atoms with Gasteiger partial charge in [-0.15, -0.1) is 0 Å². The van der Waals surface area contributed by atoms with E-state index in [1.165, 1.54) is 48.5 Å². The summed E-state index contributed by atoms with van der Waals surface area (Å²) in [5.74, 6) is -1.95. The summed E-state index contributed by atoms with van der Waals surface area (Å²) < 4.78 is 4.77. The first-order valence-electron chi connectivity index (χ1n) is 10.6. The van der Waals surface area contributed by atoms with Crippen molar-refractivity contribution in [1.29, 1.82) is 0 Å². The third-order valence-corrected chi connectivity index (χ3v) is 6.19. The van der Waals surface area contributed by atoms with Gasteiger partial charge in [-0.3, -0.25) is 24.0 Å². The largest absolute Gasteiger partial charge is 0.429 e. The van der Waals surface area contributed by atoms with Crippen molar-refractivity contribution in [3.63, 3.8) is 0 Å². The van der Waals surface area contributed by atoms with E-state index in [9.17, 15) is 24.0 Å². The van der Waals surface area contributed by atoms with E-state index in [4.69, 9.17) is 4.74 Å². The molecule has 4 amide bonds. The summed E-state index contributed by atoms with van der Waals surface area (Å²) in [6, 6.07) is 20.6. The fourth-order valence-corrected chi connectivity index (χ4v) is 4.65. The fraction of sp³-hybridized carbons (Fsp3) is 0. The Hall–Kier alpha value is -5.11. The molecule has 8 nitrogen and oxygen atoms in total. The van der Waals surface area contributed by atoms with Gasteiger partial charge in [-0.25, -0.2) is 9.80 Å². The molecule has 0 fully saturated rings. The van der Waals surface area contributed by atoms with Crippen molar-refractivity contribution in [1.82, 2.24) is 0 Å². The number of anilines is 2. The smallest absolute Gasteiger partial charge is 0.298 e. The number of hydrogen-bond acceptors (Lipinski definition) is 6. The predicted octanol–water partition coefficient (Wildman–Crippen LogP) is 3.98. The molecule has 0 saturated heterocycles. The van der Waals surface area contributed by atoms with Gasteiger partial charge in [0.1, 0.15) is 5.75 Å². The van der Waals surface area contributed by atoms with E-state index < -0.39 is 23.6 Å². The van der Waals surface area contributed by atoms with Gasteiger partial charge in [0, 0.05) is 33.0 Å². The molecule has 6 rings (SSSR count). The normalized spacial score (nSPS) is 14.5. The molecular formula is C27H14N2O6. The average molecular weight is 462 g/mol. The van der Waals surface area contributed by atoms with Gasteiger partial charge in [0.15, 0.2) is 0 Å². The summed E-state index contributed by atoms with van der Waals surface area (Å²) in [5, 5.41) is 0.597. The molecule has 4 aromatic carbocycles. The van der Waals surface area contributed by atoms with Gasteiger partial charge in [0.25, 0.3) is 30.1 Å². The van der Waals surface area contributed by atoms with Crippen molar-refractivity contribution in [2.24, 2.45) is 0 Å². The number of amides is 4. The van der Waals surface area contributed by atoms with Gasteiger partial charge in [0.2, 0.25) is 0 Å². The fourth-order valence-electron chi connectivity index (χ4n) is 4.65. The zero-order chi connectivity index (χ0) is 24.3. The minimum Gasteiger partial charge on any atom is -0.429 e. The lowest BCUT2D eigenvalue weighted by Gasteiger charge is -2.32. The highest BCUT2D eigenvalue weighted by Crippen LogP contribution is 2.40. The highest BCUT2D eigenvalue weighted by atomic mass is 16.5. The Labute approximate surface area is 197 Å². The first-order valence-corrected chi connectivity index (χ1v) is 10.6. The first kappa shape index (κ1) is 20.5. The second kappa shape index (κ2) is 7.46. The Morgan fingerprint density at radius 3 is 1.31 bits per heavy atom. The molecule has 0 aliphatic carbocycles. The maximum absolute atomic E-state index is 13.4. The Kier molecular flexibility index (Phi) is 4.37. The molecule has 8 heteroatoms. The van der Waals surface area contributed by atoms with Crippen molar-refractivity contribution in [2.75, 3.05) is 9.80 Å². The van der Waals surface area contributed by atoms with Crippen molar-refractivity contribution in [2.45, 2.75) is 0 Å². The number of imide groups is 2. The molecule has 2 heterocycles. The molecule has 0 radical (unpaired) electrons. The number of hydrogen-bond donors (Lipinski definition) is 0. The van der Waals surface area contributed by atoms with Gasteiger partial charge < -0.3 is 4.74 Å². The van der Waals surface area contributed by atoms with Crippen LogP contribution in [0.2, 0.25) is 0 Å². The lowest BCUT2D eigenvalue weighted by Crippen LogP contribution is -2.43. The summed E-state index contributed by atoms with van der Waals surface area (Å²) in [5.41, 5.74) is 1.63. The summed E-state index contributed by atoms with van der Waals surface area (Å²) in [4.78, 5) is 66.3. The summed E-state index contributed by atoms with van der Waals surface area (Å²) in [7, 11) is 0. The topological polar surface area (TPSA) is 101 Å². The van der Waals surface area contributed by atoms with Crippen molar-refractivity contribution in [3.8, 4) is 5.75 Å². The van der Waals surface area contributed by atoms with Crippen LogP contribution in [-0.2, 0) is 4.79 Å². The van der Waals surface area contributed by atoms with Crippen LogP contribution in [0, 0.1) is 0 Å². The number of ether oxygens (including phenoxy) is 1. The lowest BCUT2D eigenvalue weighted by molar-refractivity contribution is -0.120. The third-order valence-electron chi connectivity index (χ3n) is 6.19. The van der Waals surface area contributed by atoms with Crippen LogP contribution in [0.3, 0.4) is 0 Å². The monoisotopic (exact) mass is 462 g/mol. The molecule has 0 bridgehead atoms. The van der Waals surface area contributed by atoms with Crippen LogP contribution < -0.4 is 14.5 Å². The van der Waals surface area contributed by atoms with Crippen LogP contribution in [0.1, 0.15) is 41.4 Å². The maximum atomic E-state index is 13.4. The zero-order valence-corrected chi connectivity index (χ0v) is 17.9. The van der Waals surface area contributed by atoms with Crippen LogP contribution >= 0.6 is 0 Å². The Morgan fingerprint density at radius 2 is 0.914 bits per heavy atom. The van der Waals surface area contributed by atoms with E-state index in [-0.39, 0.29) is 34.5 Å². The molecule has 2 aliphatic rings. The predicted molar refractivity (Wildman–Crippen MR) is 126 cm³/mol. The minimum atomic E-state index is -0.583. The van der Waals surface area contributed by atoms with E-state index in [2.05, 4.69) is 0 Å². The number of carbonyl (C=O) groups excluding carboxylic acids is 5. The summed E-state index contributed by atoms with van der Waals surface area (Å²) in [6.45, 7) is 0.282. The molecule has 168 valence electrons. The molecular weight excluding hydrogens is 448 g/mol. The molecule has 0 aromatic heterocycles. The molecule has 35 heavy (non-hydrogen) atoms. The molecule has 0 unspecified atom stereocenters. The number of para-hydroxylation sites is 1. The molecule has 0 atom stereocenters. The van der Waals surface area contributed by atoms with Crippen molar-refractivity contribution < 1.29 is 28.7 Å². The average Bonchev–Trinajstić information content (AvgIpc) is 2.88. The van der Waals surface area contributed by atoms with Gasteiger partial charge in [-0.2, -0.15) is 0 Å². The number of benzene rings is 4. The zero-order valence-electron chi connectivity index (χ0n) is 17.9. The molecule has 4 aromatic rings.